The zero-order valence-corrected chi connectivity index (χ0v) is 14.7. The highest BCUT2D eigenvalue weighted by Gasteiger charge is 2.08. The minimum Gasteiger partial charge on any atom is -0.356 e. The molecule has 0 unspecified atom stereocenters. The molecule has 2 N–H and O–H groups in total. The van der Waals surface area contributed by atoms with Gasteiger partial charge in [-0.15, -0.1) is 0 Å². The van der Waals surface area contributed by atoms with E-state index < -0.39 is 0 Å². The van der Waals surface area contributed by atoms with Gasteiger partial charge in [0.2, 0.25) is 0 Å². The highest BCUT2D eigenvalue weighted by molar-refractivity contribution is 9.11. The average Bonchev–Trinajstić information content (AvgIpc) is 2.43. The third kappa shape index (κ3) is 4.26. The molecular weight excluding hydrogens is 402 g/mol. The van der Waals surface area contributed by atoms with Crippen molar-refractivity contribution in [2.24, 2.45) is 0 Å². The summed E-state index contributed by atoms with van der Waals surface area (Å²) in [7, 11) is 0. The normalized spacial score (nSPS) is 11.8. The van der Waals surface area contributed by atoms with Crippen LogP contribution in [-0.2, 0) is 0 Å². The summed E-state index contributed by atoms with van der Waals surface area (Å²) in [6, 6.07) is 12.2. The molecule has 3 nitrogen and oxygen atoms in total. The number of aromatic nitrogens is 1. The Morgan fingerprint density at radius 1 is 1.25 bits per heavy atom. The lowest BCUT2D eigenvalue weighted by atomic mass is 10.1. The fraction of sp³-hybridized carbons (Fsp3) is 0.143. The number of hydrogen-bond acceptors (Lipinski definition) is 2. The van der Waals surface area contributed by atoms with E-state index in [0.717, 1.165) is 8.95 Å². The van der Waals surface area contributed by atoms with Gasteiger partial charge in [0.15, 0.2) is 5.11 Å². The molecule has 0 bridgehead atoms. The predicted octanol–water partition coefficient (Wildman–Crippen LogP) is 4.65. The first-order chi connectivity index (χ1) is 9.56. The Hall–Kier alpha value is -0.980. The van der Waals surface area contributed by atoms with Gasteiger partial charge in [-0.25, -0.2) is 4.98 Å². The first kappa shape index (κ1) is 15.4. The molecule has 0 aliphatic carbocycles. The van der Waals surface area contributed by atoms with Gasteiger partial charge in [0.05, 0.1) is 10.5 Å². The second-order valence-electron chi connectivity index (χ2n) is 4.21. The molecule has 1 heterocycles. The molecule has 0 radical (unpaired) electrons. The quantitative estimate of drug-likeness (QED) is 0.716. The van der Waals surface area contributed by atoms with Crippen LogP contribution in [0, 0.1) is 0 Å². The number of hydrogen-bond donors (Lipinski definition) is 2. The lowest BCUT2D eigenvalue weighted by Gasteiger charge is -2.17. The van der Waals surface area contributed by atoms with Gasteiger partial charge in [0.25, 0.3) is 0 Å². The number of halogens is 2. The molecule has 0 spiro atoms. The van der Waals surface area contributed by atoms with Crippen LogP contribution in [-0.4, -0.2) is 10.1 Å². The van der Waals surface area contributed by atoms with Gasteiger partial charge in [-0.05, 0) is 62.6 Å². The van der Waals surface area contributed by atoms with Crippen molar-refractivity contribution in [2.75, 3.05) is 5.32 Å². The monoisotopic (exact) mass is 413 g/mol. The number of nitrogens with zero attached hydrogens (tertiary/aromatic N) is 1. The fourth-order valence-electron chi connectivity index (χ4n) is 1.67. The molecule has 1 atom stereocenters. The number of nitrogens with one attached hydrogen (secondary N) is 2. The Labute approximate surface area is 140 Å². The van der Waals surface area contributed by atoms with Gasteiger partial charge >= 0.3 is 0 Å². The van der Waals surface area contributed by atoms with Crippen molar-refractivity contribution in [2.45, 2.75) is 13.0 Å². The molecule has 0 amide bonds. The first-order valence-corrected chi connectivity index (χ1v) is 7.99. The summed E-state index contributed by atoms with van der Waals surface area (Å²) in [4.78, 5) is 4.27. The first-order valence-electron chi connectivity index (χ1n) is 6.00. The molecule has 2 aromatic rings. The van der Waals surface area contributed by atoms with Crippen molar-refractivity contribution in [3.8, 4) is 0 Å². The summed E-state index contributed by atoms with van der Waals surface area (Å²) < 4.78 is 1.76. The molecule has 2 rings (SSSR count). The minimum absolute atomic E-state index is 0.130. The summed E-state index contributed by atoms with van der Waals surface area (Å²) >= 11 is 12.1. The van der Waals surface area contributed by atoms with Crippen LogP contribution in [0.1, 0.15) is 18.5 Å². The standard InChI is InChI=1S/C14H13Br2N3S/c1-9(10-5-3-2-4-6-10)18-14(20)19-13-12(16)7-11(15)8-17-13/h2-9H,1H3,(H2,17,18,19,20)/t9-/m0/s1. The van der Waals surface area contributed by atoms with Crippen molar-refractivity contribution in [3.05, 3.63) is 57.1 Å². The highest BCUT2D eigenvalue weighted by atomic mass is 79.9. The van der Waals surface area contributed by atoms with Crippen LogP contribution in [0.4, 0.5) is 5.82 Å². The van der Waals surface area contributed by atoms with Crippen LogP contribution in [0.3, 0.4) is 0 Å². The maximum absolute atomic E-state index is 5.31. The van der Waals surface area contributed by atoms with E-state index in [-0.39, 0.29) is 6.04 Å². The summed E-state index contributed by atoms with van der Waals surface area (Å²) in [5.41, 5.74) is 1.18. The van der Waals surface area contributed by atoms with Crippen molar-refractivity contribution in [1.29, 1.82) is 0 Å². The second-order valence-corrected chi connectivity index (χ2v) is 6.39. The zero-order chi connectivity index (χ0) is 14.5. The van der Waals surface area contributed by atoms with E-state index in [4.69, 9.17) is 12.2 Å². The topological polar surface area (TPSA) is 37.0 Å². The van der Waals surface area contributed by atoms with E-state index in [1.807, 2.05) is 24.3 Å². The van der Waals surface area contributed by atoms with Crippen molar-refractivity contribution in [3.63, 3.8) is 0 Å². The van der Waals surface area contributed by atoms with E-state index in [1.54, 1.807) is 6.20 Å². The Kier molecular flexibility index (Phi) is 5.51. The number of rotatable bonds is 3. The Bertz CT molecular complexity index is 605. The van der Waals surface area contributed by atoms with Gasteiger partial charge in [-0.1, -0.05) is 30.3 Å². The predicted molar refractivity (Wildman–Crippen MR) is 93.9 cm³/mol. The van der Waals surface area contributed by atoms with Gasteiger partial charge in [0.1, 0.15) is 5.82 Å². The van der Waals surface area contributed by atoms with Crippen molar-refractivity contribution in [1.82, 2.24) is 10.3 Å². The summed E-state index contributed by atoms with van der Waals surface area (Å²) in [6.07, 6.45) is 1.72. The molecule has 0 saturated heterocycles. The van der Waals surface area contributed by atoms with Crippen LogP contribution in [0.15, 0.2) is 51.5 Å². The molecule has 0 aliphatic heterocycles. The van der Waals surface area contributed by atoms with Crippen molar-refractivity contribution >= 4 is 55.0 Å². The Balaban J connectivity index is 1.99. The summed E-state index contributed by atoms with van der Waals surface area (Å²) in [6.45, 7) is 2.06. The SMILES string of the molecule is C[C@H](NC(=S)Nc1ncc(Br)cc1Br)c1ccccc1. The molecule has 104 valence electrons. The van der Waals surface area contributed by atoms with Crippen LogP contribution in [0.2, 0.25) is 0 Å². The minimum atomic E-state index is 0.130. The lowest BCUT2D eigenvalue weighted by molar-refractivity contribution is 0.722. The third-order valence-electron chi connectivity index (χ3n) is 2.69. The number of pyridine rings is 1. The van der Waals surface area contributed by atoms with E-state index in [2.05, 4.69) is 66.5 Å². The van der Waals surface area contributed by atoms with E-state index >= 15 is 0 Å². The third-order valence-corrected chi connectivity index (χ3v) is 3.94. The maximum atomic E-state index is 5.31. The van der Waals surface area contributed by atoms with Crippen molar-refractivity contribution < 1.29 is 0 Å². The molecule has 0 saturated carbocycles. The summed E-state index contributed by atoms with van der Waals surface area (Å²) in [5.74, 6) is 0.686. The van der Waals surface area contributed by atoms with E-state index in [0.29, 0.717) is 10.9 Å². The van der Waals surface area contributed by atoms with Gasteiger partial charge in [-0.3, -0.25) is 0 Å². The smallest absolute Gasteiger partial charge is 0.172 e. The molecular formula is C14H13Br2N3S. The van der Waals surface area contributed by atoms with E-state index in [9.17, 15) is 0 Å². The molecule has 1 aromatic carbocycles. The van der Waals surface area contributed by atoms with Crippen LogP contribution >= 0.6 is 44.1 Å². The Morgan fingerprint density at radius 3 is 2.60 bits per heavy atom. The fourth-order valence-corrected chi connectivity index (χ4v) is 3.03. The highest BCUT2D eigenvalue weighted by Crippen LogP contribution is 2.23. The van der Waals surface area contributed by atoms with Crippen LogP contribution < -0.4 is 10.6 Å². The number of benzene rings is 1. The molecule has 0 aliphatic rings. The lowest BCUT2D eigenvalue weighted by Crippen LogP contribution is -2.31. The Morgan fingerprint density at radius 2 is 1.95 bits per heavy atom. The van der Waals surface area contributed by atoms with Gasteiger partial charge in [0, 0.05) is 10.7 Å². The van der Waals surface area contributed by atoms with Gasteiger partial charge in [-0.2, -0.15) is 0 Å². The average molecular weight is 415 g/mol. The number of thiocarbonyl (C=S) groups is 1. The maximum Gasteiger partial charge on any atom is 0.172 e. The molecule has 0 fully saturated rings. The van der Waals surface area contributed by atoms with E-state index in [1.165, 1.54) is 5.56 Å². The van der Waals surface area contributed by atoms with Crippen LogP contribution in [0.25, 0.3) is 0 Å². The van der Waals surface area contributed by atoms with Gasteiger partial charge < -0.3 is 10.6 Å². The molecule has 6 heteroatoms. The van der Waals surface area contributed by atoms with Crippen LogP contribution in [0.5, 0.6) is 0 Å². The molecule has 1 aromatic heterocycles. The summed E-state index contributed by atoms with van der Waals surface area (Å²) in [5, 5.41) is 6.85. The zero-order valence-electron chi connectivity index (χ0n) is 10.7. The largest absolute Gasteiger partial charge is 0.356 e. The molecule has 20 heavy (non-hydrogen) atoms. The second kappa shape index (κ2) is 7.15. The number of anilines is 1.